The van der Waals surface area contributed by atoms with Crippen molar-refractivity contribution in [3.05, 3.63) is 35.9 Å². The third-order valence-corrected chi connectivity index (χ3v) is 5.01. The molecule has 2 nitrogen and oxygen atoms in total. The molecule has 1 amide bonds. The van der Waals surface area contributed by atoms with Crippen LogP contribution < -0.4 is 0 Å². The number of hydrogen-bond donors (Lipinski definition) is 0. The van der Waals surface area contributed by atoms with Gasteiger partial charge < -0.3 is 4.90 Å². The van der Waals surface area contributed by atoms with E-state index in [1.165, 1.54) is 44.1 Å². The molecule has 1 atom stereocenters. The van der Waals surface area contributed by atoms with Crippen molar-refractivity contribution >= 4 is 5.91 Å². The van der Waals surface area contributed by atoms with Crippen LogP contribution in [0.25, 0.3) is 0 Å². The second-order valence-electron chi connectivity index (χ2n) is 6.39. The summed E-state index contributed by atoms with van der Waals surface area (Å²) in [6.45, 7) is 1.74. The molecular weight excluding hydrogens is 246 g/mol. The fraction of sp³-hybridized carbons (Fsp3) is 0.611. The number of amides is 1. The van der Waals surface area contributed by atoms with Gasteiger partial charge in [0.05, 0.1) is 0 Å². The third kappa shape index (κ3) is 3.05. The Bertz CT molecular complexity index is 436. The number of benzene rings is 1. The number of hydrogen-bond acceptors (Lipinski definition) is 1. The number of likely N-dealkylation sites (tertiary alicyclic amines) is 1. The largest absolute Gasteiger partial charge is 0.338 e. The molecule has 2 aliphatic rings. The lowest BCUT2D eigenvalue weighted by Gasteiger charge is -2.37. The lowest BCUT2D eigenvalue weighted by atomic mass is 9.76. The number of rotatable bonds is 3. The van der Waals surface area contributed by atoms with Crippen molar-refractivity contribution in [3.63, 3.8) is 0 Å². The summed E-state index contributed by atoms with van der Waals surface area (Å²) in [6, 6.07) is 10.4. The minimum absolute atomic E-state index is 0.313. The van der Waals surface area contributed by atoms with Gasteiger partial charge in [0.2, 0.25) is 5.91 Å². The maximum Gasteiger partial charge on any atom is 0.226 e. The first-order chi connectivity index (χ1) is 9.84. The van der Waals surface area contributed by atoms with Crippen LogP contribution in [-0.4, -0.2) is 17.4 Å². The van der Waals surface area contributed by atoms with Gasteiger partial charge in [0.15, 0.2) is 0 Å². The third-order valence-electron chi connectivity index (χ3n) is 5.01. The van der Waals surface area contributed by atoms with Crippen LogP contribution in [-0.2, 0) is 11.3 Å². The Balaban J connectivity index is 1.65. The highest BCUT2D eigenvalue weighted by atomic mass is 16.2. The SMILES string of the molecule is O=C1C(C2CCCCC2)CCCN1Cc1ccccc1. The first-order valence-corrected chi connectivity index (χ1v) is 8.17. The van der Waals surface area contributed by atoms with Crippen molar-refractivity contribution in [1.82, 2.24) is 4.90 Å². The summed E-state index contributed by atoms with van der Waals surface area (Å²) in [5.74, 6) is 1.40. The van der Waals surface area contributed by atoms with Crippen LogP contribution in [0.2, 0.25) is 0 Å². The smallest absolute Gasteiger partial charge is 0.226 e. The molecule has 1 unspecified atom stereocenters. The van der Waals surface area contributed by atoms with E-state index in [-0.39, 0.29) is 0 Å². The molecular formula is C18H25NO. The van der Waals surface area contributed by atoms with Crippen LogP contribution in [0.5, 0.6) is 0 Å². The van der Waals surface area contributed by atoms with Crippen molar-refractivity contribution in [2.75, 3.05) is 6.54 Å². The molecule has 1 saturated carbocycles. The van der Waals surface area contributed by atoms with E-state index in [4.69, 9.17) is 0 Å². The second kappa shape index (κ2) is 6.43. The molecule has 1 aromatic carbocycles. The number of nitrogens with zero attached hydrogens (tertiary/aromatic N) is 1. The summed E-state index contributed by atoms with van der Waals surface area (Å²) >= 11 is 0. The molecule has 1 aliphatic carbocycles. The molecule has 0 aromatic heterocycles. The molecule has 1 aromatic rings. The highest BCUT2D eigenvalue weighted by Crippen LogP contribution is 2.35. The number of carbonyl (C=O) groups is 1. The fourth-order valence-electron chi connectivity index (χ4n) is 3.90. The molecule has 0 N–H and O–H groups in total. The van der Waals surface area contributed by atoms with E-state index < -0.39 is 0 Å². The Morgan fingerprint density at radius 2 is 1.70 bits per heavy atom. The molecule has 0 radical (unpaired) electrons. The van der Waals surface area contributed by atoms with Crippen LogP contribution in [0.1, 0.15) is 50.5 Å². The minimum atomic E-state index is 0.313. The van der Waals surface area contributed by atoms with Crippen molar-refractivity contribution in [2.24, 2.45) is 11.8 Å². The highest BCUT2D eigenvalue weighted by molar-refractivity contribution is 5.79. The molecule has 0 bridgehead atoms. The van der Waals surface area contributed by atoms with Crippen LogP contribution in [0.4, 0.5) is 0 Å². The zero-order chi connectivity index (χ0) is 13.8. The van der Waals surface area contributed by atoms with Gasteiger partial charge in [0, 0.05) is 19.0 Å². The average molecular weight is 271 g/mol. The van der Waals surface area contributed by atoms with Gasteiger partial charge in [0.25, 0.3) is 0 Å². The molecule has 1 aliphatic heterocycles. The van der Waals surface area contributed by atoms with Crippen LogP contribution >= 0.6 is 0 Å². The average Bonchev–Trinajstić information content (AvgIpc) is 2.51. The van der Waals surface area contributed by atoms with Crippen LogP contribution in [0, 0.1) is 11.8 Å². The molecule has 108 valence electrons. The Morgan fingerprint density at radius 3 is 2.45 bits per heavy atom. The lowest BCUT2D eigenvalue weighted by molar-refractivity contribution is -0.141. The summed E-state index contributed by atoms with van der Waals surface area (Å²) in [7, 11) is 0. The minimum Gasteiger partial charge on any atom is -0.338 e. The predicted octanol–water partition coefficient (Wildman–Crippen LogP) is 4.01. The van der Waals surface area contributed by atoms with Gasteiger partial charge in [-0.3, -0.25) is 4.79 Å². The van der Waals surface area contributed by atoms with Crippen LogP contribution in [0.15, 0.2) is 30.3 Å². The van der Waals surface area contributed by atoms with Crippen molar-refractivity contribution in [2.45, 2.75) is 51.5 Å². The summed E-state index contributed by atoms with van der Waals surface area (Å²) in [6.07, 6.45) is 8.87. The maximum atomic E-state index is 12.8. The van der Waals surface area contributed by atoms with Crippen molar-refractivity contribution < 1.29 is 4.79 Å². The fourth-order valence-corrected chi connectivity index (χ4v) is 3.90. The molecule has 1 heterocycles. The van der Waals surface area contributed by atoms with Gasteiger partial charge in [0.1, 0.15) is 0 Å². The van der Waals surface area contributed by atoms with Gasteiger partial charge in [-0.25, -0.2) is 0 Å². The van der Waals surface area contributed by atoms with Crippen molar-refractivity contribution in [3.8, 4) is 0 Å². The molecule has 0 spiro atoms. The standard InChI is InChI=1S/C18H25NO/c20-18-17(16-10-5-2-6-11-16)12-7-13-19(18)14-15-8-3-1-4-9-15/h1,3-4,8-9,16-17H,2,5-7,10-14H2. The topological polar surface area (TPSA) is 20.3 Å². The summed E-state index contributed by atoms with van der Waals surface area (Å²) in [4.78, 5) is 14.9. The van der Waals surface area contributed by atoms with Gasteiger partial charge in [-0.1, -0.05) is 49.6 Å². The van der Waals surface area contributed by atoms with Crippen LogP contribution in [0.3, 0.4) is 0 Å². The molecule has 2 fully saturated rings. The van der Waals surface area contributed by atoms with E-state index >= 15 is 0 Å². The van der Waals surface area contributed by atoms with E-state index in [1.54, 1.807) is 0 Å². The predicted molar refractivity (Wildman–Crippen MR) is 81.2 cm³/mol. The molecule has 20 heavy (non-hydrogen) atoms. The summed E-state index contributed by atoms with van der Waals surface area (Å²) < 4.78 is 0. The first kappa shape index (κ1) is 13.7. The van der Waals surface area contributed by atoms with Crippen molar-refractivity contribution in [1.29, 1.82) is 0 Å². The highest BCUT2D eigenvalue weighted by Gasteiger charge is 2.34. The quantitative estimate of drug-likeness (QED) is 0.813. The second-order valence-corrected chi connectivity index (χ2v) is 6.39. The Labute approximate surface area is 122 Å². The monoisotopic (exact) mass is 271 g/mol. The van der Waals surface area contributed by atoms with Gasteiger partial charge >= 0.3 is 0 Å². The van der Waals surface area contributed by atoms with Gasteiger partial charge in [-0.2, -0.15) is 0 Å². The zero-order valence-corrected chi connectivity index (χ0v) is 12.3. The van der Waals surface area contributed by atoms with E-state index in [0.29, 0.717) is 17.7 Å². The molecule has 2 heteroatoms. The lowest BCUT2D eigenvalue weighted by Crippen LogP contribution is -2.43. The Morgan fingerprint density at radius 1 is 0.950 bits per heavy atom. The summed E-state index contributed by atoms with van der Waals surface area (Å²) in [5.41, 5.74) is 1.25. The Hall–Kier alpha value is -1.31. The van der Waals surface area contributed by atoms with E-state index in [2.05, 4.69) is 29.2 Å². The number of carbonyl (C=O) groups excluding carboxylic acids is 1. The zero-order valence-electron chi connectivity index (χ0n) is 12.3. The Kier molecular flexibility index (Phi) is 4.39. The van der Waals surface area contributed by atoms with E-state index in [9.17, 15) is 4.79 Å². The normalized spacial score (nSPS) is 24.9. The number of piperidine rings is 1. The summed E-state index contributed by atoms with van der Waals surface area (Å²) in [5, 5.41) is 0. The van der Waals surface area contributed by atoms with Gasteiger partial charge in [-0.05, 0) is 37.2 Å². The molecule has 3 rings (SSSR count). The van der Waals surface area contributed by atoms with E-state index in [0.717, 1.165) is 19.5 Å². The van der Waals surface area contributed by atoms with Gasteiger partial charge in [-0.15, -0.1) is 0 Å². The van der Waals surface area contributed by atoms with E-state index in [1.807, 2.05) is 6.07 Å². The first-order valence-electron chi connectivity index (χ1n) is 8.17. The maximum absolute atomic E-state index is 12.8. The molecule has 1 saturated heterocycles.